The number of anilines is 1. The van der Waals surface area contributed by atoms with E-state index >= 15 is 0 Å². The maximum absolute atomic E-state index is 12.7. The average Bonchev–Trinajstić information content (AvgIpc) is 3.41. The largest absolute Gasteiger partial charge is 0.439 e. The van der Waals surface area contributed by atoms with Gasteiger partial charge in [-0.2, -0.15) is 5.10 Å². The normalized spacial score (nSPS) is 13.4. The number of carbonyl (C=O) groups is 1. The Kier molecular flexibility index (Phi) is 4.87. The lowest BCUT2D eigenvalue weighted by molar-refractivity contribution is 0.254. The Labute approximate surface area is 178 Å². The van der Waals surface area contributed by atoms with E-state index in [-0.39, 0.29) is 6.03 Å². The van der Waals surface area contributed by atoms with Crippen molar-refractivity contribution in [2.45, 2.75) is 32.7 Å². The molecule has 4 heterocycles. The molecule has 1 aromatic carbocycles. The van der Waals surface area contributed by atoms with Crippen LogP contribution in [-0.4, -0.2) is 37.3 Å². The minimum Gasteiger partial charge on any atom is -0.439 e. The van der Waals surface area contributed by atoms with Crippen molar-refractivity contribution in [2.75, 3.05) is 11.9 Å². The number of H-pyrrole nitrogens is 1. The molecule has 0 fully saturated rings. The van der Waals surface area contributed by atoms with Crippen LogP contribution in [0.3, 0.4) is 0 Å². The molecule has 3 N–H and O–H groups in total. The summed E-state index contributed by atoms with van der Waals surface area (Å²) in [6.07, 6.45) is 4.09. The molecule has 4 aromatic rings. The molecule has 31 heavy (non-hydrogen) atoms. The third-order valence-corrected chi connectivity index (χ3v) is 5.39. The fourth-order valence-corrected chi connectivity index (χ4v) is 3.68. The highest BCUT2D eigenvalue weighted by Crippen LogP contribution is 2.29. The Balaban J connectivity index is 1.37. The van der Waals surface area contributed by atoms with Crippen molar-refractivity contribution in [3.63, 3.8) is 0 Å². The Morgan fingerprint density at radius 2 is 2.13 bits per heavy atom. The Morgan fingerprint density at radius 1 is 1.23 bits per heavy atom. The summed E-state index contributed by atoms with van der Waals surface area (Å²) in [4.78, 5) is 21.4. The third-order valence-electron chi connectivity index (χ3n) is 5.39. The number of carbonyl (C=O) groups excluding carboxylic acids is 1. The van der Waals surface area contributed by atoms with Crippen LogP contribution in [0.15, 0.2) is 42.9 Å². The van der Waals surface area contributed by atoms with Crippen molar-refractivity contribution in [3.8, 4) is 11.6 Å². The summed E-state index contributed by atoms with van der Waals surface area (Å²) in [5.74, 6) is 2.06. The van der Waals surface area contributed by atoms with Crippen molar-refractivity contribution in [1.82, 2.24) is 30.0 Å². The van der Waals surface area contributed by atoms with Gasteiger partial charge in [0.1, 0.15) is 12.1 Å². The van der Waals surface area contributed by atoms with Crippen LogP contribution in [0.2, 0.25) is 0 Å². The number of hydrogen-bond acceptors (Lipinski definition) is 6. The molecule has 0 unspecified atom stereocenters. The summed E-state index contributed by atoms with van der Waals surface area (Å²) in [6, 6.07) is 9.06. The number of aromatic amines is 1. The van der Waals surface area contributed by atoms with Gasteiger partial charge >= 0.3 is 6.03 Å². The maximum Gasteiger partial charge on any atom is 0.331 e. The molecule has 158 valence electrons. The molecule has 0 saturated heterocycles. The summed E-state index contributed by atoms with van der Waals surface area (Å²) in [5.41, 5.74) is 3.76. The van der Waals surface area contributed by atoms with Gasteiger partial charge in [-0.05, 0) is 43.1 Å². The fraction of sp³-hybridized carbons (Fsp3) is 0.273. The predicted octanol–water partition coefficient (Wildman–Crippen LogP) is 3.80. The zero-order valence-electron chi connectivity index (χ0n) is 17.3. The molecule has 0 bridgehead atoms. The van der Waals surface area contributed by atoms with Gasteiger partial charge in [0.05, 0.1) is 11.2 Å². The Bertz CT molecular complexity index is 1260. The van der Waals surface area contributed by atoms with Gasteiger partial charge in [-0.15, -0.1) is 0 Å². The SMILES string of the molecule is CC(C)c1cc(NC(=O)n2ccc3cc(Oc4ncnc5c4CCNC5)ccc32)n[nH]1. The highest BCUT2D eigenvalue weighted by atomic mass is 16.5. The lowest BCUT2D eigenvalue weighted by Gasteiger charge is -2.18. The van der Waals surface area contributed by atoms with Crippen LogP contribution in [0, 0.1) is 0 Å². The first-order chi connectivity index (χ1) is 15.1. The van der Waals surface area contributed by atoms with Crippen LogP contribution in [-0.2, 0) is 13.0 Å². The van der Waals surface area contributed by atoms with Gasteiger partial charge in [0.15, 0.2) is 5.82 Å². The van der Waals surface area contributed by atoms with Gasteiger partial charge in [-0.1, -0.05) is 13.8 Å². The molecular formula is C22H23N7O2. The molecule has 0 saturated carbocycles. The first kappa shape index (κ1) is 19.3. The molecule has 1 aliphatic rings. The number of amides is 1. The maximum atomic E-state index is 12.7. The van der Waals surface area contributed by atoms with Crippen LogP contribution in [0.4, 0.5) is 10.6 Å². The zero-order chi connectivity index (χ0) is 21.4. The van der Waals surface area contributed by atoms with Gasteiger partial charge in [0.25, 0.3) is 0 Å². The average molecular weight is 417 g/mol. The number of benzene rings is 1. The van der Waals surface area contributed by atoms with E-state index in [1.54, 1.807) is 10.8 Å². The molecule has 5 rings (SSSR count). The number of nitrogens with zero attached hydrogens (tertiary/aromatic N) is 4. The smallest absolute Gasteiger partial charge is 0.331 e. The van der Waals surface area contributed by atoms with E-state index in [1.807, 2.05) is 30.3 Å². The minimum absolute atomic E-state index is 0.275. The molecule has 1 aliphatic heterocycles. The number of aromatic nitrogens is 5. The predicted molar refractivity (Wildman–Crippen MR) is 117 cm³/mol. The van der Waals surface area contributed by atoms with Gasteiger partial charge in [-0.25, -0.2) is 14.8 Å². The Morgan fingerprint density at radius 3 is 2.97 bits per heavy atom. The van der Waals surface area contributed by atoms with Gasteiger partial charge in [-0.3, -0.25) is 15.0 Å². The van der Waals surface area contributed by atoms with Crippen molar-refractivity contribution in [1.29, 1.82) is 0 Å². The first-order valence-corrected chi connectivity index (χ1v) is 10.3. The summed E-state index contributed by atoms with van der Waals surface area (Å²) >= 11 is 0. The fourth-order valence-electron chi connectivity index (χ4n) is 3.68. The van der Waals surface area contributed by atoms with E-state index in [0.29, 0.717) is 23.4 Å². The molecule has 9 nitrogen and oxygen atoms in total. The number of hydrogen-bond donors (Lipinski definition) is 3. The third kappa shape index (κ3) is 3.75. The van der Waals surface area contributed by atoms with E-state index in [9.17, 15) is 4.79 Å². The minimum atomic E-state index is -0.275. The summed E-state index contributed by atoms with van der Waals surface area (Å²) < 4.78 is 7.63. The van der Waals surface area contributed by atoms with E-state index < -0.39 is 0 Å². The number of ether oxygens (including phenoxy) is 1. The summed E-state index contributed by atoms with van der Waals surface area (Å²) in [6.45, 7) is 5.72. The highest BCUT2D eigenvalue weighted by Gasteiger charge is 2.17. The molecule has 0 atom stereocenters. The zero-order valence-corrected chi connectivity index (χ0v) is 17.3. The quantitative estimate of drug-likeness (QED) is 0.466. The molecular weight excluding hydrogens is 394 g/mol. The molecule has 0 spiro atoms. The van der Waals surface area contributed by atoms with Crippen molar-refractivity contribution in [3.05, 3.63) is 59.8 Å². The van der Waals surface area contributed by atoms with E-state index in [2.05, 4.69) is 44.6 Å². The topological polar surface area (TPSA) is 110 Å². The second-order valence-electron chi connectivity index (χ2n) is 7.83. The van der Waals surface area contributed by atoms with Crippen molar-refractivity contribution in [2.24, 2.45) is 0 Å². The molecule has 3 aromatic heterocycles. The molecule has 1 amide bonds. The van der Waals surface area contributed by atoms with E-state index in [4.69, 9.17) is 4.74 Å². The second-order valence-corrected chi connectivity index (χ2v) is 7.83. The van der Waals surface area contributed by atoms with Crippen LogP contribution in [0.5, 0.6) is 11.6 Å². The van der Waals surface area contributed by atoms with Gasteiger partial charge in [0, 0.05) is 35.5 Å². The lowest BCUT2D eigenvalue weighted by Crippen LogP contribution is -2.25. The van der Waals surface area contributed by atoms with Crippen LogP contribution >= 0.6 is 0 Å². The lowest BCUT2D eigenvalue weighted by atomic mass is 10.1. The van der Waals surface area contributed by atoms with Crippen LogP contribution in [0.1, 0.15) is 36.7 Å². The van der Waals surface area contributed by atoms with E-state index in [1.165, 1.54) is 6.33 Å². The van der Waals surface area contributed by atoms with Crippen LogP contribution < -0.4 is 15.4 Å². The van der Waals surface area contributed by atoms with Crippen LogP contribution in [0.25, 0.3) is 10.9 Å². The van der Waals surface area contributed by atoms with Crippen molar-refractivity contribution >= 4 is 22.8 Å². The first-order valence-electron chi connectivity index (χ1n) is 10.3. The van der Waals surface area contributed by atoms with Crippen molar-refractivity contribution < 1.29 is 9.53 Å². The molecule has 0 aliphatic carbocycles. The molecule has 9 heteroatoms. The number of fused-ring (bicyclic) bond motifs is 2. The van der Waals surface area contributed by atoms with Gasteiger partial charge in [0.2, 0.25) is 5.88 Å². The van der Waals surface area contributed by atoms with Gasteiger partial charge < -0.3 is 10.1 Å². The standard InChI is InChI=1S/C22H23N7O2/c1-13(2)17-10-20(28-27-17)26-22(30)29-8-6-14-9-15(3-4-19(14)29)31-21-16-5-7-23-11-18(16)24-12-25-21/h3-4,6,8-10,12-13,23H,5,7,11H2,1-2H3,(H2,26,27,28,30). The second kappa shape index (κ2) is 7.84. The summed E-state index contributed by atoms with van der Waals surface area (Å²) in [7, 11) is 0. The number of nitrogens with one attached hydrogen (secondary N) is 3. The highest BCUT2D eigenvalue weighted by molar-refractivity contribution is 5.98. The molecule has 0 radical (unpaired) electrons. The Hall–Kier alpha value is -3.72. The van der Waals surface area contributed by atoms with E-state index in [0.717, 1.165) is 47.4 Å². The number of rotatable bonds is 4. The monoisotopic (exact) mass is 417 g/mol. The summed E-state index contributed by atoms with van der Waals surface area (Å²) in [5, 5.41) is 14.1.